The van der Waals surface area contributed by atoms with Gasteiger partial charge in [0.05, 0.1) is 20.0 Å². The van der Waals surface area contributed by atoms with E-state index < -0.39 is 0 Å². The largest absolute Gasteiger partial charge is 0.493 e. The number of amides is 1. The molecule has 0 spiro atoms. The standard InChI is InChI=1S/C23H23NO6/c1-26-20-11-18(12-21-22(20)30-9-8-29-21)23(25)24-13-16-4-2-5-17(10-16)14-27-15-19-6-3-7-28-19/h2-7,10-12H,8-9,13-15H2,1H3,(H,24,25). The van der Waals surface area contributed by atoms with Crippen LogP contribution in [0, 0.1) is 0 Å². The number of fused-ring (bicyclic) bond motifs is 1. The van der Waals surface area contributed by atoms with Crippen molar-refractivity contribution in [3.63, 3.8) is 0 Å². The van der Waals surface area contributed by atoms with Crippen molar-refractivity contribution in [2.24, 2.45) is 0 Å². The molecule has 1 N–H and O–H groups in total. The molecule has 3 aromatic rings. The Morgan fingerprint density at radius 3 is 2.73 bits per heavy atom. The first-order chi connectivity index (χ1) is 14.7. The maximum absolute atomic E-state index is 12.7. The van der Waals surface area contributed by atoms with Gasteiger partial charge in [0.1, 0.15) is 25.6 Å². The summed E-state index contributed by atoms with van der Waals surface area (Å²) in [6.45, 7) is 2.16. The Morgan fingerprint density at radius 2 is 1.90 bits per heavy atom. The van der Waals surface area contributed by atoms with Gasteiger partial charge < -0.3 is 28.7 Å². The molecule has 156 valence electrons. The Hall–Kier alpha value is -3.45. The maximum atomic E-state index is 12.7. The topological polar surface area (TPSA) is 79.2 Å². The fraction of sp³-hybridized carbons (Fsp3) is 0.261. The number of hydrogen-bond acceptors (Lipinski definition) is 6. The van der Waals surface area contributed by atoms with Crippen LogP contribution in [0.3, 0.4) is 0 Å². The molecule has 0 bridgehead atoms. The Kier molecular flexibility index (Phi) is 6.20. The Morgan fingerprint density at radius 1 is 1.03 bits per heavy atom. The monoisotopic (exact) mass is 409 g/mol. The molecule has 30 heavy (non-hydrogen) atoms. The molecule has 0 radical (unpaired) electrons. The summed E-state index contributed by atoms with van der Waals surface area (Å²) in [6, 6.07) is 14.9. The van der Waals surface area contributed by atoms with E-state index in [1.807, 2.05) is 36.4 Å². The second-order valence-corrected chi connectivity index (χ2v) is 6.78. The summed E-state index contributed by atoms with van der Waals surface area (Å²) in [5.74, 6) is 2.09. The highest BCUT2D eigenvalue weighted by Crippen LogP contribution is 2.40. The molecule has 1 aliphatic rings. The summed E-state index contributed by atoms with van der Waals surface area (Å²) < 4.78 is 27.4. The molecular weight excluding hydrogens is 386 g/mol. The van der Waals surface area contributed by atoms with Crippen molar-refractivity contribution in [3.8, 4) is 17.2 Å². The van der Waals surface area contributed by atoms with E-state index in [0.717, 1.165) is 16.9 Å². The normalized spacial score (nSPS) is 12.4. The van der Waals surface area contributed by atoms with Gasteiger partial charge in [0.2, 0.25) is 5.75 Å². The van der Waals surface area contributed by atoms with E-state index in [4.69, 9.17) is 23.4 Å². The molecule has 0 unspecified atom stereocenters. The zero-order valence-corrected chi connectivity index (χ0v) is 16.7. The van der Waals surface area contributed by atoms with Crippen molar-refractivity contribution in [1.29, 1.82) is 0 Å². The van der Waals surface area contributed by atoms with Crippen LogP contribution in [-0.2, 0) is 24.5 Å². The van der Waals surface area contributed by atoms with Gasteiger partial charge in [0, 0.05) is 12.1 Å². The minimum Gasteiger partial charge on any atom is -0.493 e. The summed E-state index contributed by atoms with van der Waals surface area (Å²) >= 11 is 0. The van der Waals surface area contributed by atoms with E-state index in [2.05, 4.69) is 5.32 Å². The number of carbonyl (C=O) groups is 1. The Labute approximate surface area is 174 Å². The third kappa shape index (κ3) is 4.75. The first kappa shape index (κ1) is 19.8. The van der Waals surface area contributed by atoms with Crippen molar-refractivity contribution >= 4 is 5.91 Å². The lowest BCUT2D eigenvalue weighted by Crippen LogP contribution is -2.24. The highest BCUT2D eigenvalue weighted by molar-refractivity contribution is 5.95. The van der Waals surface area contributed by atoms with Crippen molar-refractivity contribution in [1.82, 2.24) is 5.32 Å². The molecule has 0 saturated carbocycles. The van der Waals surface area contributed by atoms with Crippen molar-refractivity contribution in [2.75, 3.05) is 20.3 Å². The lowest BCUT2D eigenvalue weighted by molar-refractivity contribution is 0.0928. The Bertz CT molecular complexity index is 982. The molecule has 7 nitrogen and oxygen atoms in total. The van der Waals surface area contributed by atoms with Gasteiger partial charge in [-0.2, -0.15) is 0 Å². The predicted molar refractivity (Wildman–Crippen MR) is 109 cm³/mol. The first-order valence-electron chi connectivity index (χ1n) is 9.66. The van der Waals surface area contributed by atoms with Crippen LogP contribution < -0.4 is 19.5 Å². The van der Waals surface area contributed by atoms with Crippen molar-refractivity contribution < 1.29 is 28.2 Å². The quantitative estimate of drug-likeness (QED) is 0.611. The molecule has 1 aromatic heterocycles. The fourth-order valence-electron chi connectivity index (χ4n) is 3.18. The lowest BCUT2D eigenvalue weighted by Gasteiger charge is -2.21. The van der Waals surface area contributed by atoms with Gasteiger partial charge in [-0.1, -0.05) is 24.3 Å². The van der Waals surface area contributed by atoms with E-state index in [1.54, 1.807) is 18.4 Å². The number of rotatable bonds is 8. The molecule has 0 saturated heterocycles. The van der Waals surface area contributed by atoms with E-state index in [9.17, 15) is 4.79 Å². The van der Waals surface area contributed by atoms with Gasteiger partial charge >= 0.3 is 0 Å². The van der Waals surface area contributed by atoms with Gasteiger partial charge in [-0.05, 0) is 35.4 Å². The highest BCUT2D eigenvalue weighted by Gasteiger charge is 2.20. The molecule has 2 heterocycles. The number of methoxy groups -OCH3 is 1. The minimum atomic E-state index is -0.218. The lowest BCUT2D eigenvalue weighted by atomic mass is 10.1. The molecule has 1 amide bonds. The second-order valence-electron chi connectivity index (χ2n) is 6.78. The molecule has 0 atom stereocenters. The predicted octanol–water partition coefficient (Wildman–Crippen LogP) is 3.71. The number of furan rings is 1. The SMILES string of the molecule is COc1cc(C(=O)NCc2cccc(COCc3ccco3)c2)cc2c1OCCO2. The van der Waals surface area contributed by atoms with Crippen molar-refractivity contribution in [2.45, 2.75) is 19.8 Å². The number of hydrogen-bond donors (Lipinski definition) is 1. The van der Waals surface area contributed by atoms with Crippen LogP contribution in [0.5, 0.6) is 17.2 Å². The van der Waals surface area contributed by atoms with E-state index in [1.165, 1.54) is 7.11 Å². The van der Waals surface area contributed by atoms with Crippen LogP contribution in [-0.4, -0.2) is 26.2 Å². The highest BCUT2D eigenvalue weighted by atomic mass is 16.6. The maximum Gasteiger partial charge on any atom is 0.251 e. The molecule has 2 aromatic carbocycles. The fourth-order valence-corrected chi connectivity index (χ4v) is 3.18. The van der Waals surface area contributed by atoms with Gasteiger partial charge in [-0.15, -0.1) is 0 Å². The van der Waals surface area contributed by atoms with Crippen molar-refractivity contribution in [3.05, 3.63) is 77.2 Å². The van der Waals surface area contributed by atoms with Crippen LogP contribution in [0.25, 0.3) is 0 Å². The summed E-state index contributed by atoms with van der Waals surface area (Å²) in [5.41, 5.74) is 2.45. The number of benzene rings is 2. The second kappa shape index (κ2) is 9.37. The third-order valence-corrected chi connectivity index (χ3v) is 4.63. The van der Waals surface area contributed by atoms with Gasteiger partial charge in [-0.25, -0.2) is 0 Å². The van der Waals surface area contributed by atoms with Gasteiger partial charge in [0.15, 0.2) is 11.5 Å². The smallest absolute Gasteiger partial charge is 0.251 e. The molecule has 0 aliphatic carbocycles. The van der Waals surface area contributed by atoms with Crippen LogP contribution >= 0.6 is 0 Å². The Balaban J connectivity index is 1.36. The summed E-state index contributed by atoms with van der Waals surface area (Å²) in [6.07, 6.45) is 1.62. The number of nitrogens with one attached hydrogen (secondary N) is 1. The average molecular weight is 409 g/mol. The van der Waals surface area contributed by atoms with E-state index in [-0.39, 0.29) is 5.91 Å². The van der Waals surface area contributed by atoms with Crippen LogP contribution in [0.4, 0.5) is 0 Å². The summed E-state index contributed by atoms with van der Waals surface area (Å²) in [4.78, 5) is 12.7. The molecule has 0 fully saturated rings. The number of ether oxygens (including phenoxy) is 4. The van der Waals surface area contributed by atoms with Crippen LogP contribution in [0.15, 0.2) is 59.2 Å². The molecular formula is C23H23NO6. The summed E-state index contributed by atoms with van der Waals surface area (Å²) in [7, 11) is 1.54. The minimum absolute atomic E-state index is 0.218. The number of carbonyl (C=O) groups excluding carboxylic acids is 1. The van der Waals surface area contributed by atoms with E-state index in [0.29, 0.717) is 55.8 Å². The van der Waals surface area contributed by atoms with Crippen LogP contribution in [0.2, 0.25) is 0 Å². The van der Waals surface area contributed by atoms with Crippen LogP contribution in [0.1, 0.15) is 27.2 Å². The van der Waals surface area contributed by atoms with Gasteiger partial charge in [0.25, 0.3) is 5.91 Å². The summed E-state index contributed by atoms with van der Waals surface area (Å²) in [5, 5.41) is 2.93. The average Bonchev–Trinajstić information content (AvgIpc) is 3.30. The molecule has 7 heteroatoms. The van der Waals surface area contributed by atoms with E-state index >= 15 is 0 Å². The molecule has 1 aliphatic heterocycles. The zero-order valence-electron chi connectivity index (χ0n) is 16.7. The zero-order chi connectivity index (χ0) is 20.8. The third-order valence-electron chi connectivity index (χ3n) is 4.63. The molecule has 4 rings (SSSR count). The first-order valence-corrected chi connectivity index (χ1v) is 9.66. The van der Waals surface area contributed by atoms with Gasteiger partial charge in [-0.3, -0.25) is 4.79 Å².